The Morgan fingerprint density at radius 1 is 1.47 bits per heavy atom. The number of nitrogen functional groups attached to an aromatic ring is 1. The van der Waals surface area contributed by atoms with Gasteiger partial charge >= 0.3 is 0 Å². The molecule has 2 rings (SSSR count). The van der Waals surface area contributed by atoms with Crippen molar-refractivity contribution < 1.29 is 0 Å². The fourth-order valence-corrected chi connectivity index (χ4v) is 4.60. The number of rotatable bonds is 3. The summed E-state index contributed by atoms with van der Waals surface area (Å²) in [6, 6.07) is 2.08. The molecule has 2 aromatic heterocycles. The topological polar surface area (TPSA) is 43.8 Å². The van der Waals surface area contributed by atoms with Gasteiger partial charge in [-0.1, -0.05) is 13.3 Å². The van der Waals surface area contributed by atoms with Crippen molar-refractivity contribution >= 4 is 49.0 Å². The summed E-state index contributed by atoms with van der Waals surface area (Å²) in [5.41, 5.74) is 9.30. The Bertz CT molecular complexity index is 545. The molecule has 0 radical (unpaired) electrons. The van der Waals surface area contributed by atoms with E-state index in [1.54, 1.807) is 16.0 Å². The maximum Gasteiger partial charge on any atom is 0.125 e. The average molecular weight is 379 g/mol. The molecule has 0 amide bonds. The second-order valence-electron chi connectivity index (χ2n) is 3.82. The van der Waals surface area contributed by atoms with Crippen LogP contribution in [0.15, 0.2) is 13.6 Å². The predicted molar refractivity (Wildman–Crippen MR) is 80.3 cm³/mol. The molecular formula is C11H13Br2N3S. The van der Waals surface area contributed by atoms with Crippen molar-refractivity contribution in [2.24, 2.45) is 7.05 Å². The predicted octanol–water partition coefficient (Wildman–Crippen LogP) is 4.21. The third kappa shape index (κ3) is 2.44. The Morgan fingerprint density at radius 2 is 2.18 bits per heavy atom. The highest BCUT2D eigenvalue weighted by Gasteiger charge is 2.18. The number of nitrogens with zero attached hydrogens (tertiary/aromatic N) is 2. The third-order valence-electron chi connectivity index (χ3n) is 2.61. The van der Waals surface area contributed by atoms with Crippen molar-refractivity contribution in [3.8, 4) is 11.3 Å². The van der Waals surface area contributed by atoms with Crippen molar-refractivity contribution in [2.75, 3.05) is 5.73 Å². The Kier molecular flexibility index (Phi) is 3.95. The number of anilines is 1. The van der Waals surface area contributed by atoms with E-state index in [9.17, 15) is 0 Å². The van der Waals surface area contributed by atoms with Crippen molar-refractivity contribution in [2.45, 2.75) is 19.8 Å². The van der Waals surface area contributed by atoms with Crippen LogP contribution in [0.3, 0.4) is 0 Å². The van der Waals surface area contributed by atoms with Gasteiger partial charge in [-0.25, -0.2) is 0 Å². The molecule has 6 heteroatoms. The van der Waals surface area contributed by atoms with E-state index in [4.69, 9.17) is 5.73 Å². The highest BCUT2D eigenvalue weighted by atomic mass is 79.9. The van der Waals surface area contributed by atoms with Crippen molar-refractivity contribution in [1.29, 1.82) is 0 Å². The zero-order valence-corrected chi connectivity index (χ0v) is 13.6. The molecule has 0 saturated heterocycles. The third-order valence-corrected chi connectivity index (χ3v) is 4.94. The molecule has 2 aromatic rings. The summed E-state index contributed by atoms with van der Waals surface area (Å²) in [7, 11) is 1.88. The molecule has 0 unspecified atom stereocenters. The van der Waals surface area contributed by atoms with Crippen LogP contribution in [0, 0.1) is 0 Å². The summed E-state index contributed by atoms with van der Waals surface area (Å²) < 4.78 is 3.92. The number of halogens is 2. The van der Waals surface area contributed by atoms with E-state index < -0.39 is 0 Å². The molecule has 3 nitrogen and oxygen atoms in total. The fraction of sp³-hybridized carbons (Fsp3) is 0.364. The minimum atomic E-state index is 0.760. The maximum atomic E-state index is 6.06. The van der Waals surface area contributed by atoms with E-state index in [1.807, 2.05) is 7.05 Å². The van der Waals surface area contributed by atoms with Crippen LogP contribution in [-0.2, 0) is 13.5 Å². The van der Waals surface area contributed by atoms with Gasteiger partial charge in [0.1, 0.15) is 5.82 Å². The Morgan fingerprint density at radius 3 is 2.71 bits per heavy atom. The first-order chi connectivity index (χ1) is 8.04. The van der Waals surface area contributed by atoms with E-state index in [0.29, 0.717) is 0 Å². The largest absolute Gasteiger partial charge is 0.384 e. The molecule has 0 aliphatic rings. The summed E-state index contributed by atoms with van der Waals surface area (Å²) in [5.74, 6) is 0.760. The Labute approximate surface area is 121 Å². The lowest BCUT2D eigenvalue weighted by Gasteiger charge is -2.00. The molecule has 0 aromatic carbocycles. The van der Waals surface area contributed by atoms with Crippen molar-refractivity contribution in [1.82, 2.24) is 9.78 Å². The lowest BCUT2D eigenvalue weighted by Crippen LogP contribution is -1.99. The van der Waals surface area contributed by atoms with Gasteiger partial charge in [0.2, 0.25) is 0 Å². The molecule has 0 fully saturated rings. The summed E-state index contributed by atoms with van der Waals surface area (Å²) in [4.78, 5) is 0. The maximum absolute atomic E-state index is 6.06. The van der Waals surface area contributed by atoms with E-state index in [2.05, 4.69) is 49.9 Å². The minimum Gasteiger partial charge on any atom is -0.384 e. The van der Waals surface area contributed by atoms with E-state index in [1.165, 1.54) is 0 Å². The molecule has 92 valence electrons. The van der Waals surface area contributed by atoms with Crippen LogP contribution >= 0.6 is 43.2 Å². The molecule has 2 heterocycles. The molecule has 0 atom stereocenters. The zero-order chi connectivity index (χ0) is 12.6. The number of aromatic nitrogens is 2. The number of thiophene rings is 1. The van der Waals surface area contributed by atoms with Gasteiger partial charge in [0.25, 0.3) is 0 Å². The molecular weight excluding hydrogens is 366 g/mol. The summed E-state index contributed by atoms with van der Waals surface area (Å²) in [6.45, 7) is 2.15. The molecule has 2 N–H and O–H groups in total. The standard InChI is InChI=1S/C11H13Br2N3S/c1-3-4-6-9(15-16(2)11(6)14)7-5-8(12)17-10(7)13/h5H,3-4,14H2,1-2H3. The minimum absolute atomic E-state index is 0.760. The average Bonchev–Trinajstić information content (AvgIpc) is 2.73. The lowest BCUT2D eigenvalue weighted by molar-refractivity contribution is 0.781. The van der Waals surface area contributed by atoms with Crippen LogP contribution in [0.1, 0.15) is 18.9 Å². The van der Waals surface area contributed by atoms with E-state index >= 15 is 0 Å². The van der Waals surface area contributed by atoms with Gasteiger partial charge in [-0.15, -0.1) is 11.3 Å². The van der Waals surface area contributed by atoms with Crippen molar-refractivity contribution in [3.05, 3.63) is 19.2 Å². The fourth-order valence-electron chi connectivity index (χ4n) is 1.80. The van der Waals surface area contributed by atoms with E-state index in [0.717, 1.165) is 43.1 Å². The monoisotopic (exact) mass is 377 g/mol. The van der Waals surface area contributed by atoms with Gasteiger partial charge in [0, 0.05) is 18.2 Å². The van der Waals surface area contributed by atoms with Gasteiger partial charge in [-0.05, 0) is 44.3 Å². The normalized spacial score (nSPS) is 11.1. The van der Waals surface area contributed by atoms with Crippen LogP contribution in [0.2, 0.25) is 0 Å². The zero-order valence-electron chi connectivity index (χ0n) is 9.63. The lowest BCUT2D eigenvalue weighted by atomic mass is 10.1. The second kappa shape index (κ2) is 5.12. The molecule has 0 aliphatic carbocycles. The SMILES string of the molecule is CCCc1c(-c2cc(Br)sc2Br)nn(C)c1N. The Hall–Kier alpha value is -0.330. The highest BCUT2D eigenvalue weighted by molar-refractivity contribution is 9.12. The Balaban J connectivity index is 2.58. The van der Waals surface area contributed by atoms with Gasteiger partial charge in [-0.2, -0.15) is 5.10 Å². The van der Waals surface area contributed by atoms with Gasteiger partial charge in [-0.3, -0.25) is 4.68 Å². The number of aryl methyl sites for hydroxylation is 1. The second-order valence-corrected chi connectivity index (χ2v) is 7.57. The van der Waals surface area contributed by atoms with Crippen LogP contribution in [0.4, 0.5) is 5.82 Å². The number of nitrogens with two attached hydrogens (primary N) is 1. The van der Waals surface area contributed by atoms with Crippen LogP contribution < -0.4 is 5.73 Å². The summed E-state index contributed by atoms with van der Waals surface area (Å²) >= 11 is 8.71. The summed E-state index contributed by atoms with van der Waals surface area (Å²) in [5, 5.41) is 4.52. The number of hydrogen-bond acceptors (Lipinski definition) is 3. The smallest absolute Gasteiger partial charge is 0.125 e. The summed E-state index contributed by atoms with van der Waals surface area (Å²) in [6.07, 6.45) is 2.01. The molecule has 17 heavy (non-hydrogen) atoms. The first-order valence-electron chi connectivity index (χ1n) is 5.31. The molecule has 0 spiro atoms. The van der Waals surface area contributed by atoms with E-state index in [-0.39, 0.29) is 0 Å². The van der Waals surface area contributed by atoms with Gasteiger partial charge in [0.05, 0.1) is 13.3 Å². The number of hydrogen-bond donors (Lipinski definition) is 1. The van der Waals surface area contributed by atoms with Crippen LogP contribution in [-0.4, -0.2) is 9.78 Å². The molecule has 0 saturated carbocycles. The first kappa shape index (κ1) is 13.1. The van der Waals surface area contributed by atoms with Gasteiger partial charge < -0.3 is 5.73 Å². The molecule has 0 bridgehead atoms. The van der Waals surface area contributed by atoms with Crippen molar-refractivity contribution in [3.63, 3.8) is 0 Å². The highest BCUT2D eigenvalue weighted by Crippen LogP contribution is 2.40. The van der Waals surface area contributed by atoms with Gasteiger partial charge in [0.15, 0.2) is 0 Å². The molecule has 0 aliphatic heterocycles. The quantitative estimate of drug-likeness (QED) is 0.869. The first-order valence-corrected chi connectivity index (χ1v) is 7.71. The van der Waals surface area contributed by atoms with Crippen LogP contribution in [0.25, 0.3) is 11.3 Å². The van der Waals surface area contributed by atoms with Crippen LogP contribution in [0.5, 0.6) is 0 Å².